The molecule has 4 rings (SSSR count). The second-order valence-electron chi connectivity index (χ2n) is 7.49. The average Bonchev–Trinajstić information content (AvgIpc) is 3.08. The molecular formula is C25H21FN2O5. The lowest BCUT2D eigenvalue weighted by Crippen LogP contribution is -2.44. The molecule has 0 fully saturated rings. The summed E-state index contributed by atoms with van der Waals surface area (Å²) >= 11 is 0. The predicted molar refractivity (Wildman–Crippen MR) is 119 cm³/mol. The number of carbonyl (C=O) groups is 3. The highest BCUT2D eigenvalue weighted by atomic mass is 19.1. The summed E-state index contributed by atoms with van der Waals surface area (Å²) in [5.74, 6) is -1.50. The number of carbonyl (C=O) groups excluding carboxylic acids is 3. The Morgan fingerprint density at radius 1 is 0.939 bits per heavy atom. The lowest BCUT2D eigenvalue weighted by molar-refractivity contribution is -0.114. The number of hydrogen-bond acceptors (Lipinski definition) is 6. The van der Waals surface area contributed by atoms with E-state index < -0.39 is 23.7 Å². The minimum absolute atomic E-state index is 0.00387. The van der Waals surface area contributed by atoms with Crippen molar-refractivity contribution in [1.82, 2.24) is 5.06 Å². The zero-order valence-electron chi connectivity index (χ0n) is 18.0. The normalized spacial score (nSPS) is 13.6. The van der Waals surface area contributed by atoms with Crippen LogP contribution in [0.4, 0.5) is 10.1 Å². The molecule has 168 valence electrons. The zero-order chi connectivity index (χ0) is 23.5. The maximum absolute atomic E-state index is 13.3. The van der Waals surface area contributed by atoms with Crippen LogP contribution < -0.4 is 9.64 Å². The second kappa shape index (κ2) is 9.22. The Labute approximate surface area is 189 Å². The smallest absolute Gasteiger partial charge is 0.285 e. The van der Waals surface area contributed by atoms with E-state index >= 15 is 0 Å². The summed E-state index contributed by atoms with van der Waals surface area (Å²) in [6, 6.07) is 18.5. The van der Waals surface area contributed by atoms with Crippen LogP contribution in [-0.2, 0) is 4.84 Å². The highest BCUT2D eigenvalue weighted by Gasteiger charge is 2.39. The van der Waals surface area contributed by atoms with Crippen LogP contribution in [0.25, 0.3) is 0 Å². The van der Waals surface area contributed by atoms with Crippen molar-refractivity contribution in [3.63, 3.8) is 0 Å². The summed E-state index contributed by atoms with van der Waals surface area (Å²) in [6.07, 6.45) is -1.20. The minimum Gasteiger partial charge on any atom is -0.497 e. The molecule has 0 bridgehead atoms. The predicted octanol–water partition coefficient (Wildman–Crippen LogP) is 3.75. The highest BCUT2D eigenvalue weighted by Crippen LogP contribution is 2.25. The number of amides is 2. The molecule has 1 heterocycles. The van der Waals surface area contributed by atoms with Gasteiger partial charge in [0.15, 0.2) is 11.9 Å². The third-order valence-electron chi connectivity index (χ3n) is 5.36. The molecule has 1 atom stereocenters. The number of hydrogen-bond donors (Lipinski definition) is 0. The number of likely N-dealkylation sites (N-methyl/N-ethyl adjacent to an activating group) is 1. The molecular weight excluding hydrogens is 427 g/mol. The Balaban J connectivity index is 1.62. The molecule has 0 aromatic heterocycles. The first kappa shape index (κ1) is 22.2. The molecule has 0 aliphatic carbocycles. The SMILES string of the molecule is COc1ccc(C(=O)C(CN(C)c2ccc(F)cc2)ON2C(=O)c3ccccc3C2=O)cc1. The molecule has 33 heavy (non-hydrogen) atoms. The van der Waals surface area contributed by atoms with Crippen molar-refractivity contribution in [3.05, 3.63) is 95.3 Å². The Morgan fingerprint density at radius 2 is 1.52 bits per heavy atom. The molecule has 1 aliphatic heterocycles. The fraction of sp³-hybridized carbons (Fsp3) is 0.160. The van der Waals surface area contributed by atoms with Crippen molar-refractivity contribution in [2.75, 3.05) is 25.6 Å². The highest BCUT2D eigenvalue weighted by molar-refractivity contribution is 6.20. The van der Waals surface area contributed by atoms with Gasteiger partial charge < -0.3 is 9.64 Å². The molecule has 0 saturated heterocycles. The zero-order valence-corrected chi connectivity index (χ0v) is 18.0. The van der Waals surface area contributed by atoms with Crippen molar-refractivity contribution in [3.8, 4) is 5.75 Å². The summed E-state index contributed by atoms with van der Waals surface area (Å²) in [7, 11) is 3.22. The molecule has 1 aliphatic rings. The van der Waals surface area contributed by atoms with Gasteiger partial charge in [0.05, 0.1) is 24.8 Å². The number of benzene rings is 3. The van der Waals surface area contributed by atoms with Crippen LogP contribution in [0.2, 0.25) is 0 Å². The number of fused-ring (bicyclic) bond motifs is 1. The van der Waals surface area contributed by atoms with Gasteiger partial charge >= 0.3 is 0 Å². The summed E-state index contributed by atoms with van der Waals surface area (Å²) in [5, 5.41) is 0.634. The first-order chi connectivity index (χ1) is 15.9. The van der Waals surface area contributed by atoms with Crippen molar-refractivity contribution < 1.29 is 28.3 Å². The van der Waals surface area contributed by atoms with Crippen LogP contribution in [0.1, 0.15) is 31.1 Å². The molecule has 8 heteroatoms. The first-order valence-electron chi connectivity index (χ1n) is 10.2. The van der Waals surface area contributed by atoms with Crippen LogP contribution in [0.15, 0.2) is 72.8 Å². The number of ketones is 1. The maximum atomic E-state index is 13.3. The number of anilines is 1. The van der Waals surface area contributed by atoms with Crippen molar-refractivity contribution in [1.29, 1.82) is 0 Å². The molecule has 2 amide bonds. The van der Waals surface area contributed by atoms with Crippen molar-refractivity contribution in [2.24, 2.45) is 0 Å². The van der Waals surface area contributed by atoms with Gasteiger partial charge in [0.2, 0.25) is 0 Å². The number of halogens is 1. The summed E-state index contributed by atoms with van der Waals surface area (Å²) in [4.78, 5) is 46.3. The molecule has 7 nitrogen and oxygen atoms in total. The molecule has 0 N–H and O–H groups in total. The number of hydroxylamine groups is 2. The van der Waals surface area contributed by atoms with Crippen LogP contribution in [0, 0.1) is 5.82 Å². The number of methoxy groups -OCH3 is 1. The molecule has 0 saturated carbocycles. The van der Waals surface area contributed by atoms with Crippen molar-refractivity contribution >= 4 is 23.3 Å². The first-order valence-corrected chi connectivity index (χ1v) is 10.2. The van der Waals surface area contributed by atoms with Gasteiger partial charge in [-0.05, 0) is 60.7 Å². The van der Waals surface area contributed by atoms with Gasteiger partial charge in [0, 0.05) is 18.3 Å². The van der Waals surface area contributed by atoms with Crippen LogP contribution in [0.5, 0.6) is 5.75 Å². The second-order valence-corrected chi connectivity index (χ2v) is 7.49. The number of rotatable bonds is 8. The fourth-order valence-electron chi connectivity index (χ4n) is 3.55. The van der Waals surface area contributed by atoms with Crippen LogP contribution >= 0.6 is 0 Å². The van der Waals surface area contributed by atoms with Crippen LogP contribution in [-0.4, -0.2) is 49.5 Å². The van der Waals surface area contributed by atoms with E-state index in [0.717, 1.165) is 0 Å². The summed E-state index contributed by atoms with van der Waals surface area (Å²) in [6.45, 7) is 0.00387. The third kappa shape index (κ3) is 4.47. The third-order valence-corrected chi connectivity index (χ3v) is 5.36. The Morgan fingerprint density at radius 3 is 2.06 bits per heavy atom. The summed E-state index contributed by atoms with van der Waals surface area (Å²) in [5.41, 5.74) is 1.38. The van der Waals surface area contributed by atoms with Gasteiger partial charge in [0.25, 0.3) is 11.8 Å². The monoisotopic (exact) mass is 448 g/mol. The van der Waals surface area contributed by atoms with Gasteiger partial charge in [0.1, 0.15) is 11.6 Å². The van der Waals surface area contributed by atoms with E-state index in [2.05, 4.69) is 0 Å². The molecule has 1 unspecified atom stereocenters. The van der Waals surface area contributed by atoms with Crippen molar-refractivity contribution in [2.45, 2.75) is 6.10 Å². The van der Waals surface area contributed by atoms with E-state index in [4.69, 9.17) is 9.57 Å². The average molecular weight is 448 g/mol. The van der Waals surface area contributed by atoms with Crippen LogP contribution in [0.3, 0.4) is 0 Å². The van der Waals surface area contributed by atoms with E-state index in [1.807, 2.05) is 0 Å². The van der Waals surface area contributed by atoms with Gasteiger partial charge in [-0.15, -0.1) is 5.06 Å². The van der Waals surface area contributed by atoms with E-state index in [0.29, 0.717) is 22.1 Å². The Kier molecular flexibility index (Phi) is 6.19. The maximum Gasteiger partial charge on any atom is 0.285 e. The Bertz CT molecular complexity index is 1160. The van der Waals surface area contributed by atoms with Gasteiger partial charge in [-0.2, -0.15) is 0 Å². The van der Waals surface area contributed by atoms with E-state index in [1.54, 1.807) is 60.5 Å². The molecule has 3 aromatic rings. The lowest BCUT2D eigenvalue weighted by Gasteiger charge is -2.27. The van der Waals surface area contributed by atoms with E-state index in [9.17, 15) is 18.8 Å². The number of Topliss-reactive ketones (excluding diaryl/α,β-unsaturated/α-hetero) is 1. The standard InChI is InChI=1S/C25H21FN2O5/c1-27(18-11-9-17(26)10-12-18)15-22(23(29)16-7-13-19(32-2)14-8-16)33-28-24(30)20-5-3-4-6-21(20)25(28)31/h3-14,22H,15H2,1-2H3. The number of imide groups is 1. The molecule has 0 radical (unpaired) electrons. The van der Waals surface area contributed by atoms with E-state index in [1.165, 1.54) is 31.4 Å². The largest absolute Gasteiger partial charge is 0.497 e. The van der Waals surface area contributed by atoms with Gasteiger partial charge in [-0.25, -0.2) is 9.23 Å². The quantitative estimate of drug-likeness (QED) is 0.386. The topological polar surface area (TPSA) is 76.2 Å². The minimum atomic E-state index is -1.20. The van der Waals surface area contributed by atoms with Gasteiger partial charge in [-0.1, -0.05) is 12.1 Å². The summed E-state index contributed by atoms with van der Waals surface area (Å²) < 4.78 is 18.5. The number of nitrogens with zero attached hydrogens (tertiary/aromatic N) is 2. The lowest BCUT2D eigenvalue weighted by atomic mass is 10.1. The number of ether oxygens (including phenoxy) is 1. The fourth-order valence-corrected chi connectivity index (χ4v) is 3.55. The van der Waals surface area contributed by atoms with E-state index in [-0.39, 0.29) is 23.5 Å². The van der Waals surface area contributed by atoms with Gasteiger partial charge in [-0.3, -0.25) is 14.4 Å². The Hall–Kier alpha value is -4.04. The molecule has 0 spiro atoms. The molecule has 3 aromatic carbocycles.